The van der Waals surface area contributed by atoms with Crippen molar-refractivity contribution in [2.75, 3.05) is 23.3 Å². The number of benzene rings is 2. The van der Waals surface area contributed by atoms with Gasteiger partial charge in [0.1, 0.15) is 16.5 Å². The quantitative estimate of drug-likeness (QED) is 0.437. The number of nitrogens with zero attached hydrogens (tertiary/aromatic N) is 1. The van der Waals surface area contributed by atoms with Gasteiger partial charge in [-0.15, -0.1) is 11.3 Å². The lowest BCUT2D eigenvalue weighted by atomic mass is 10.3. The highest BCUT2D eigenvalue weighted by molar-refractivity contribution is 7.99. The molecule has 0 bridgehead atoms. The zero-order valence-corrected chi connectivity index (χ0v) is 18.6. The van der Waals surface area contributed by atoms with Gasteiger partial charge in [-0.3, -0.25) is 9.10 Å². The molecule has 1 heterocycles. The second-order valence-corrected chi connectivity index (χ2v) is 10.2. The van der Waals surface area contributed by atoms with Gasteiger partial charge in [-0.1, -0.05) is 30.0 Å². The van der Waals surface area contributed by atoms with E-state index in [1.807, 2.05) is 0 Å². The third kappa shape index (κ3) is 5.75. The first-order valence-electron chi connectivity index (χ1n) is 8.85. The molecule has 1 N–H and O–H groups in total. The highest BCUT2D eigenvalue weighted by atomic mass is 32.2. The van der Waals surface area contributed by atoms with Crippen LogP contribution in [-0.4, -0.2) is 33.7 Å². The van der Waals surface area contributed by atoms with E-state index >= 15 is 0 Å². The number of nitrogens with one attached hydrogen (secondary N) is 1. The number of methoxy groups -OCH3 is 1. The smallest absolute Gasteiger partial charge is 0.288 e. The van der Waals surface area contributed by atoms with Gasteiger partial charge in [0.15, 0.2) is 0 Å². The summed E-state index contributed by atoms with van der Waals surface area (Å²) in [5.74, 6) is -2.85. The number of alkyl halides is 2. The van der Waals surface area contributed by atoms with Crippen LogP contribution >= 0.6 is 23.1 Å². The van der Waals surface area contributed by atoms with E-state index in [1.165, 1.54) is 37.4 Å². The number of halogens is 2. The number of anilines is 2. The second-order valence-electron chi connectivity index (χ2n) is 6.07. The zero-order chi connectivity index (χ0) is 22.4. The molecule has 0 radical (unpaired) electrons. The number of hydrogen-bond donors (Lipinski definition) is 1. The first-order valence-corrected chi connectivity index (χ1v) is 12.0. The Kier molecular flexibility index (Phi) is 7.52. The molecule has 0 unspecified atom stereocenters. The Morgan fingerprint density at radius 2 is 1.84 bits per heavy atom. The van der Waals surface area contributed by atoms with Gasteiger partial charge in [0.25, 0.3) is 15.8 Å². The van der Waals surface area contributed by atoms with E-state index in [1.54, 1.807) is 35.7 Å². The van der Waals surface area contributed by atoms with Crippen LogP contribution < -0.4 is 14.4 Å². The summed E-state index contributed by atoms with van der Waals surface area (Å²) in [4.78, 5) is 13.0. The molecule has 0 aliphatic heterocycles. The topological polar surface area (TPSA) is 75.7 Å². The number of thiophene rings is 1. The molecule has 31 heavy (non-hydrogen) atoms. The molecule has 0 fully saturated rings. The number of carbonyl (C=O) groups excluding carboxylic acids is 1. The van der Waals surface area contributed by atoms with E-state index in [0.717, 1.165) is 15.6 Å². The van der Waals surface area contributed by atoms with Crippen LogP contribution in [-0.2, 0) is 14.8 Å². The first-order chi connectivity index (χ1) is 14.8. The van der Waals surface area contributed by atoms with E-state index in [-0.39, 0.29) is 9.90 Å². The van der Waals surface area contributed by atoms with Crippen LogP contribution in [0.25, 0.3) is 0 Å². The highest BCUT2D eigenvalue weighted by Crippen LogP contribution is 2.33. The van der Waals surface area contributed by atoms with Gasteiger partial charge in [-0.25, -0.2) is 8.42 Å². The van der Waals surface area contributed by atoms with Crippen LogP contribution in [0.15, 0.2) is 75.1 Å². The summed E-state index contributed by atoms with van der Waals surface area (Å²) < 4.78 is 57.7. The fourth-order valence-electron chi connectivity index (χ4n) is 2.70. The number of rotatable bonds is 9. The Morgan fingerprint density at radius 1 is 1.13 bits per heavy atom. The zero-order valence-electron chi connectivity index (χ0n) is 16.2. The monoisotopic (exact) mass is 484 g/mol. The summed E-state index contributed by atoms with van der Waals surface area (Å²) in [6, 6.07) is 15.4. The minimum absolute atomic E-state index is 0.0829. The molecule has 1 aromatic heterocycles. The molecule has 0 saturated carbocycles. The summed E-state index contributed by atoms with van der Waals surface area (Å²) in [5.41, 5.74) is 0.578. The number of hydrogen-bond acceptors (Lipinski definition) is 6. The lowest BCUT2D eigenvalue weighted by molar-refractivity contribution is -0.114. The van der Waals surface area contributed by atoms with E-state index in [9.17, 15) is 22.0 Å². The van der Waals surface area contributed by atoms with Crippen LogP contribution in [0, 0.1) is 0 Å². The van der Waals surface area contributed by atoms with Crippen molar-refractivity contribution >= 4 is 50.4 Å². The average molecular weight is 485 g/mol. The maximum absolute atomic E-state index is 13.2. The molecule has 0 aliphatic rings. The van der Waals surface area contributed by atoms with Gasteiger partial charge in [0.2, 0.25) is 5.91 Å². The molecule has 6 nitrogen and oxygen atoms in total. The summed E-state index contributed by atoms with van der Waals surface area (Å²) in [6.07, 6.45) is 0. The summed E-state index contributed by atoms with van der Waals surface area (Å²) >= 11 is 1.43. The van der Waals surface area contributed by atoms with Crippen LogP contribution in [0.2, 0.25) is 0 Å². The molecule has 0 spiro atoms. The molecule has 11 heteroatoms. The number of para-hydroxylation sites is 2. The van der Waals surface area contributed by atoms with Crippen LogP contribution in [0.5, 0.6) is 5.75 Å². The van der Waals surface area contributed by atoms with Crippen LogP contribution in [0.4, 0.5) is 20.2 Å². The third-order valence-electron chi connectivity index (χ3n) is 4.04. The second kappa shape index (κ2) is 10.1. The van der Waals surface area contributed by atoms with Crippen LogP contribution in [0.3, 0.4) is 0 Å². The molecule has 164 valence electrons. The Balaban J connectivity index is 1.86. The van der Waals surface area contributed by atoms with Gasteiger partial charge in [-0.05, 0) is 47.8 Å². The molecule has 0 saturated heterocycles. The Labute approximate surface area is 186 Å². The van der Waals surface area contributed by atoms with Crippen molar-refractivity contribution < 1.29 is 26.7 Å². The van der Waals surface area contributed by atoms with Crippen molar-refractivity contribution in [3.8, 4) is 5.75 Å². The van der Waals surface area contributed by atoms with E-state index in [4.69, 9.17) is 4.74 Å². The Hall–Kier alpha value is -2.63. The number of sulfonamides is 1. The van der Waals surface area contributed by atoms with Gasteiger partial charge in [0.05, 0.1) is 12.8 Å². The van der Waals surface area contributed by atoms with Gasteiger partial charge in [0, 0.05) is 10.6 Å². The van der Waals surface area contributed by atoms with Crippen molar-refractivity contribution in [1.82, 2.24) is 0 Å². The molecule has 0 aliphatic carbocycles. The van der Waals surface area contributed by atoms with Crippen LogP contribution in [0.1, 0.15) is 0 Å². The van der Waals surface area contributed by atoms with E-state index < -0.39 is 28.2 Å². The summed E-state index contributed by atoms with van der Waals surface area (Å²) in [6.45, 7) is -0.506. The molecule has 1 amide bonds. The maximum atomic E-state index is 13.2. The molecular formula is C20H18F2N2O4S3. The lowest BCUT2D eigenvalue weighted by Gasteiger charge is -2.25. The molecule has 3 aromatic rings. The fraction of sp³-hybridized carbons (Fsp3) is 0.150. The Bertz CT molecular complexity index is 1120. The minimum atomic E-state index is -4.03. The average Bonchev–Trinajstić information content (AvgIpc) is 3.29. The van der Waals surface area contributed by atoms with Crippen molar-refractivity contribution in [1.29, 1.82) is 0 Å². The minimum Gasteiger partial charge on any atom is -0.495 e. The highest BCUT2D eigenvalue weighted by Gasteiger charge is 2.30. The lowest BCUT2D eigenvalue weighted by Crippen LogP contribution is -2.38. The SMILES string of the molecule is COc1ccccc1N(CC(=O)Nc1ccc(SC(F)F)cc1)S(=O)(=O)c1cccs1. The normalized spacial score (nSPS) is 11.4. The van der Waals surface area contributed by atoms with Crippen molar-refractivity contribution in [3.63, 3.8) is 0 Å². The summed E-state index contributed by atoms with van der Waals surface area (Å²) in [7, 11) is -2.62. The molecular weight excluding hydrogens is 466 g/mol. The largest absolute Gasteiger partial charge is 0.495 e. The number of ether oxygens (including phenoxy) is 1. The van der Waals surface area contributed by atoms with Gasteiger partial charge >= 0.3 is 0 Å². The number of thioether (sulfide) groups is 1. The summed E-state index contributed by atoms with van der Waals surface area (Å²) in [5, 5.41) is 4.23. The number of carbonyl (C=O) groups is 1. The predicted octanol–water partition coefficient (Wildman–Crippen LogP) is 4.91. The standard InChI is InChI=1S/C20H18F2N2O4S3/c1-28-17-6-3-2-5-16(17)24(31(26,27)19-7-4-12-29-19)13-18(25)23-14-8-10-15(11-9-14)30-20(21)22/h2-12,20H,13H2,1H3,(H,23,25). The first kappa shape index (κ1) is 23.0. The molecule has 3 rings (SSSR count). The van der Waals surface area contributed by atoms with E-state index in [0.29, 0.717) is 28.1 Å². The van der Waals surface area contributed by atoms with Gasteiger partial charge < -0.3 is 10.1 Å². The molecule has 2 aromatic carbocycles. The predicted molar refractivity (Wildman–Crippen MR) is 119 cm³/mol. The van der Waals surface area contributed by atoms with E-state index in [2.05, 4.69) is 5.32 Å². The maximum Gasteiger partial charge on any atom is 0.288 e. The third-order valence-corrected chi connectivity index (χ3v) is 7.90. The van der Waals surface area contributed by atoms with Crippen molar-refractivity contribution in [2.45, 2.75) is 14.9 Å². The Morgan fingerprint density at radius 3 is 2.45 bits per heavy atom. The van der Waals surface area contributed by atoms with Gasteiger partial charge in [-0.2, -0.15) is 8.78 Å². The fourth-order valence-corrected chi connectivity index (χ4v) is 5.74. The van der Waals surface area contributed by atoms with Crippen molar-refractivity contribution in [2.24, 2.45) is 0 Å². The number of amides is 1. The van der Waals surface area contributed by atoms with Crippen molar-refractivity contribution in [3.05, 3.63) is 66.0 Å². The molecule has 0 atom stereocenters.